The van der Waals surface area contributed by atoms with Crippen molar-refractivity contribution in [2.24, 2.45) is 5.92 Å². The Morgan fingerprint density at radius 3 is 2.29 bits per heavy atom. The van der Waals surface area contributed by atoms with Gasteiger partial charge in [-0.2, -0.15) is 0 Å². The molecule has 8 heteroatoms. The minimum Gasteiger partial charge on any atom is -0.352 e. The fourth-order valence-corrected chi connectivity index (χ4v) is 3.82. The van der Waals surface area contributed by atoms with E-state index in [-0.39, 0.29) is 28.6 Å². The van der Waals surface area contributed by atoms with Crippen molar-refractivity contribution in [2.45, 2.75) is 46.2 Å². The first-order chi connectivity index (χ1) is 11.0. The molecular weight excluding hydrogens is 371 g/mol. The third kappa shape index (κ3) is 5.26. The van der Waals surface area contributed by atoms with Crippen LogP contribution in [-0.4, -0.2) is 32.7 Å². The molecule has 1 rings (SSSR count). The molecule has 0 bridgehead atoms. The van der Waals surface area contributed by atoms with E-state index in [4.69, 9.17) is 23.2 Å². The van der Waals surface area contributed by atoms with Crippen molar-refractivity contribution in [3.8, 4) is 0 Å². The Bertz CT molecular complexity index is 693. The molecule has 0 unspecified atom stereocenters. The van der Waals surface area contributed by atoms with Crippen LogP contribution in [0.15, 0.2) is 18.2 Å². The van der Waals surface area contributed by atoms with Crippen LogP contribution in [0.5, 0.6) is 0 Å². The van der Waals surface area contributed by atoms with E-state index < -0.39 is 16.1 Å². The van der Waals surface area contributed by atoms with Crippen molar-refractivity contribution in [1.82, 2.24) is 5.32 Å². The number of sulfonamides is 1. The fraction of sp³-hybridized carbons (Fsp3) is 0.562. The molecule has 0 aliphatic rings. The van der Waals surface area contributed by atoms with Gasteiger partial charge in [0.1, 0.15) is 6.04 Å². The predicted molar refractivity (Wildman–Crippen MR) is 100 cm³/mol. The third-order valence-electron chi connectivity index (χ3n) is 3.85. The minimum atomic E-state index is -3.74. The quantitative estimate of drug-likeness (QED) is 0.766. The summed E-state index contributed by atoms with van der Waals surface area (Å²) in [5.74, 6) is -0.131. The predicted octanol–water partition coefficient (Wildman–Crippen LogP) is 3.70. The molecular formula is C16H24Cl2N2O3S. The molecule has 2 atom stereocenters. The molecule has 0 fully saturated rings. The van der Waals surface area contributed by atoms with E-state index in [0.29, 0.717) is 11.4 Å². The average molecular weight is 395 g/mol. The third-order valence-corrected chi connectivity index (χ3v) is 5.57. The molecule has 1 N–H and O–H groups in total. The van der Waals surface area contributed by atoms with Gasteiger partial charge in [-0.05, 0) is 37.5 Å². The first-order valence-corrected chi connectivity index (χ1v) is 10.3. The lowest BCUT2D eigenvalue weighted by Crippen LogP contribution is -2.52. The number of amides is 1. The summed E-state index contributed by atoms with van der Waals surface area (Å²) in [4.78, 5) is 12.7. The van der Waals surface area contributed by atoms with Crippen LogP contribution in [0.1, 0.15) is 34.1 Å². The van der Waals surface area contributed by atoms with Crippen LogP contribution in [0, 0.1) is 5.92 Å². The largest absolute Gasteiger partial charge is 0.352 e. The first kappa shape index (κ1) is 21.1. The van der Waals surface area contributed by atoms with E-state index in [0.717, 1.165) is 10.6 Å². The molecule has 0 saturated carbocycles. The normalized spacial score (nSPS) is 14.3. The molecule has 0 heterocycles. The van der Waals surface area contributed by atoms with Crippen LogP contribution in [0.4, 0.5) is 5.69 Å². The van der Waals surface area contributed by atoms with Gasteiger partial charge in [-0.3, -0.25) is 9.10 Å². The summed E-state index contributed by atoms with van der Waals surface area (Å²) in [6, 6.07) is 3.54. The zero-order valence-corrected chi connectivity index (χ0v) is 16.8. The average Bonchev–Trinajstić information content (AvgIpc) is 2.45. The van der Waals surface area contributed by atoms with Crippen molar-refractivity contribution in [1.29, 1.82) is 0 Å². The molecule has 0 saturated heterocycles. The maximum absolute atomic E-state index is 12.7. The Balaban J connectivity index is 3.33. The molecule has 0 aliphatic carbocycles. The van der Waals surface area contributed by atoms with Crippen LogP contribution in [-0.2, 0) is 14.8 Å². The summed E-state index contributed by atoms with van der Waals surface area (Å²) in [6.45, 7) is 7.59. The highest BCUT2D eigenvalue weighted by Crippen LogP contribution is 2.33. The zero-order valence-electron chi connectivity index (χ0n) is 14.5. The zero-order chi connectivity index (χ0) is 18.7. The fourth-order valence-electron chi connectivity index (χ4n) is 2.18. The van der Waals surface area contributed by atoms with Crippen molar-refractivity contribution in [3.63, 3.8) is 0 Å². The molecule has 24 heavy (non-hydrogen) atoms. The monoisotopic (exact) mass is 394 g/mol. The van der Waals surface area contributed by atoms with E-state index >= 15 is 0 Å². The van der Waals surface area contributed by atoms with Gasteiger partial charge in [0, 0.05) is 11.1 Å². The summed E-state index contributed by atoms with van der Waals surface area (Å²) in [6.07, 6.45) is 1.35. The number of hydrogen-bond donors (Lipinski definition) is 1. The highest BCUT2D eigenvalue weighted by atomic mass is 35.5. The number of nitrogens with one attached hydrogen (secondary N) is 1. The molecule has 0 radical (unpaired) electrons. The van der Waals surface area contributed by atoms with Crippen molar-refractivity contribution in [3.05, 3.63) is 28.2 Å². The number of anilines is 1. The Kier molecular flexibility index (Phi) is 7.38. The first-order valence-electron chi connectivity index (χ1n) is 7.73. The Morgan fingerprint density at radius 1 is 1.25 bits per heavy atom. The summed E-state index contributed by atoms with van der Waals surface area (Å²) in [5.41, 5.74) is 0.200. The van der Waals surface area contributed by atoms with E-state index in [1.165, 1.54) is 12.1 Å². The summed E-state index contributed by atoms with van der Waals surface area (Å²) >= 11 is 12.1. The number of rotatable bonds is 7. The maximum atomic E-state index is 12.7. The maximum Gasteiger partial charge on any atom is 0.244 e. The highest BCUT2D eigenvalue weighted by molar-refractivity contribution is 7.92. The second-order valence-corrected chi connectivity index (χ2v) is 8.82. The van der Waals surface area contributed by atoms with Gasteiger partial charge in [0.25, 0.3) is 0 Å². The lowest BCUT2D eigenvalue weighted by Gasteiger charge is -2.32. The van der Waals surface area contributed by atoms with E-state index in [1.807, 2.05) is 20.8 Å². The molecule has 1 aromatic carbocycles. The van der Waals surface area contributed by atoms with Gasteiger partial charge in [-0.1, -0.05) is 44.0 Å². The van der Waals surface area contributed by atoms with Gasteiger partial charge >= 0.3 is 0 Å². The lowest BCUT2D eigenvalue weighted by molar-refractivity contribution is -0.123. The lowest BCUT2D eigenvalue weighted by atomic mass is 10.1. The highest BCUT2D eigenvalue weighted by Gasteiger charge is 2.33. The van der Waals surface area contributed by atoms with Crippen molar-refractivity contribution in [2.75, 3.05) is 10.6 Å². The molecule has 136 valence electrons. The van der Waals surface area contributed by atoms with E-state index in [9.17, 15) is 13.2 Å². The Labute approximate surface area is 154 Å². The molecule has 5 nitrogen and oxygen atoms in total. The van der Waals surface area contributed by atoms with Crippen LogP contribution in [0.2, 0.25) is 10.0 Å². The van der Waals surface area contributed by atoms with Crippen molar-refractivity contribution >= 4 is 44.8 Å². The second kappa shape index (κ2) is 8.41. The van der Waals surface area contributed by atoms with Gasteiger partial charge in [-0.25, -0.2) is 8.42 Å². The number of nitrogens with zero attached hydrogens (tertiary/aromatic N) is 1. The molecule has 0 aromatic heterocycles. The topological polar surface area (TPSA) is 66.5 Å². The number of carbonyl (C=O) groups excluding carboxylic acids is 1. The SMILES string of the molecule is CC[C@@H](C(=O)N[C@@H](C)C(C)C)N(c1cc(Cl)ccc1Cl)S(C)(=O)=O. The Morgan fingerprint density at radius 2 is 1.83 bits per heavy atom. The molecule has 0 spiro atoms. The van der Waals surface area contributed by atoms with Gasteiger partial charge < -0.3 is 5.32 Å². The van der Waals surface area contributed by atoms with Gasteiger partial charge in [-0.15, -0.1) is 0 Å². The number of benzene rings is 1. The minimum absolute atomic E-state index is 0.0807. The van der Waals surface area contributed by atoms with Crippen LogP contribution >= 0.6 is 23.2 Å². The van der Waals surface area contributed by atoms with Gasteiger partial charge in [0.15, 0.2) is 0 Å². The number of hydrogen-bond acceptors (Lipinski definition) is 3. The number of halogens is 2. The smallest absolute Gasteiger partial charge is 0.244 e. The van der Waals surface area contributed by atoms with Gasteiger partial charge in [0.2, 0.25) is 15.9 Å². The number of carbonyl (C=O) groups is 1. The summed E-state index contributed by atoms with van der Waals surface area (Å²) in [7, 11) is -3.74. The standard InChI is InChI=1S/C16H24Cl2N2O3S/c1-6-14(16(21)19-11(4)10(2)3)20(24(5,22)23)15-9-12(17)7-8-13(15)18/h7-11,14H,6H2,1-5H3,(H,19,21)/t11-,14-/m0/s1. The van der Waals surface area contributed by atoms with Gasteiger partial charge in [0.05, 0.1) is 17.0 Å². The van der Waals surface area contributed by atoms with Crippen LogP contribution < -0.4 is 9.62 Å². The Hall–Kier alpha value is -0.980. The second-order valence-electron chi connectivity index (χ2n) is 6.12. The van der Waals surface area contributed by atoms with E-state index in [2.05, 4.69) is 5.32 Å². The molecule has 0 aliphatic heterocycles. The molecule has 1 aromatic rings. The van der Waals surface area contributed by atoms with Crippen LogP contribution in [0.3, 0.4) is 0 Å². The van der Waals surface area contributed by atoms with E-state index in [1.54, 1.807) is 13.0 Å². The summed E-state index contributed by atoms with van der Waals surface area (Å²) < 4.78 is 25.8. The summed E-state index contributed by atoms with van der Waals surface area (Å²) in [5, 5.41) is 3.42. The van der Waals surface area contributed by atoms with Crippen molar-refractivity contribution < 1.29 is 13.2 Å². The van der Waals surface area contributed by atoms with Crippen LogP contribution in [0.25, 0.3) is 0 Å². The molecule has 1 amide bonds.